The Kier molecular flexibility index (Phi) is 5.65. The van der Waals surface area contributed by atoms with E-state index in [4.69, 9.17) is 0 Å². The van der Waals surface area contributed by atoms with Crippen LogP contribution in [0.15, 0.2) is 49.1 Å². The Morgan fingerprint density at radius 1 is 1.15 bits per heavy atom. The van der Waals surface area contributed by atoms with E-state index in [1.807, 2.05) is 42.7 Å². The summed E-state index contributed by atoms with van der Waals surface area (Å²) in [6, 6.07) is 10.1. The summed E-state index contributed by atoms with van der Waals surface area (Å²) in [7, 11) is 0. The largest absolute Gasteiger partial charge is 0.387 e. The Morgan fingerprint density at radius 3 is 2.55 bits per heavy atom. The lowest BCUT2D eigenvalue weighted by Crippen LogP contribution is -2.30. The molecule has 0 bridgehead atoms. The average Bonchev–Trinajstić information content (AvgIpc) is 2.52. The second-order valence-corrected chi connectivity index (χ2v) is 5.02. The highest BCUT2D eigenvalue weighted by molar-refractivity contribution is 5.17. The highest BCUT2D eigenvalue weighted by atomic mass is 16.3. The van der Waals surface area contributed by atoms with Crippen molar-refractivity contribution < 1.29 is 5.11 Å². The lowest BCUT2D eigenvalue weighted by molar-refractivity contribution is 0.170. The van der Waals surface area contributed by atoms with E-state index in [1.54, 1.807) is 6.33 Å². The van der Waals surface area contributed by atoms with Gasteiger partial charge in [-0.15, -0.1) is 0 Å². The van der Waals surface area contributed by atoms with Gasteiger partial charge in [-0.25, -0.2) is 9.97 Å². The molecule has 0 saturated carbocycles. The fraction of sp³-hybridized carbons (Fsp3) is 0.375. The van der Waals surface area contributed by atoms with Crippen LogP contribution in [0.25, 0.3) is 0 Å². The number of hydrogen-bond donors (Lipinski definition) is 2. The lowest BCUT2D eigenvalue weighted by Gasteiger charge is -2.17. The van der Waals surface area contributed by atoms with E-state index in [9.17, 15) is 5.11 Å². The molecule has 2 rings (SSSR count). The normalized spacial score (nSPS) is 13.9. The highest BCUT2D eigenvalue weighted by Gasteiger charge is 2.09. The first kappa shape index (κ1) is 14.6. The van der Waals surface area contributed by atoms with Crippen LogP contribution >= 0.6 is 0 Å². The average molecular weight is 271 g/mol. The summed E-state index contributed by atoms with van der Waals surface area (Å²) in [6.45, 7) is 2.69. The van der Waals surface area contributed by atoms with Gasteiger partial charge in [-0.3, -0.25) is 0 Å². The first-order chi connectivity index (χ1) is 9.75. The van der Waals surface area contributed by atoms with Gasteiger partial charge in [0.15, 0.2) is 0 Å². The van der Waals surface area contributed by atoms with Crippen molar-refractivity contribution in [3.8, 4) is 0 Å². The quantitative estimate of drug-likeness (QED) is 0.810. The van der Waals surface area contributed by atoms with Crippen LogP contribution in [0.4, 0.5) is 0 Å². The van der Waals surface area contributed by atoms with Gasteiger partial charge in [0.2, 0.25) is 0 Å². The number of benzene rings is 1. The van der Waals surface area contributed by atoms with Gasteiger partial charge in [-0.05, 0) is 30.9 Å². The Bertz CT molecular complexity index is 490. The van der Waals surface area contributed by atoms with Gasteiger partial charge in [0.1, 0.15) is 6.33 Å². The topological polar surface area (TPSA) is 58.0 Å². The standard InChI is InChI=1S/C16H21N3O/c1-13(7-8-14-9-17-12-18-10-14)19-11-16(20)15-5-3-2-4-6-15/h2-6,9-10,12-13,16,19-20H,7-8,11H2,1H3. The van der Waals surface area contributed by atoms with Crippen molar-refractivity contribution in [2.75, 3.05) is 6.54 Å². The zero-order valence-electron chi connectivity index (χ0n) is 11.7. The smallest absolute Gasteiger partial charge is 0.115 e. The van der Waals surface area contributed by atoms with Crippen LogP contribution in [0.5, 0.6) is 0 Å². The van der Waals surface area contributed by atoms with Gasteiger partial charge < -0.3 is 10.4 Å². The summed E-state index contributed by atoms with van der Waals surface area (Å²) in [6.07, 6.45) is 6.71. The van der Waals surface area contributed by atoms with Crippen molar-refractivity contribution in [3.05, 3.63) is 60.2 Å². The van der Waals surface area contributed by atoms with E-state index in [-0.39, 0.29) is 0 Å². The molecule has 106 valence electrons. The van der Waals surface area contributed by atoms with E-state index < -0.39 is 6.10 Å². The van der Waals surface area contributed by atoms with Crippen molar-refractivity contribution in [2.24, 2.45) is 0 Å². The lowest BCUT2D eigenvalue weighted by atomic mass is 10.1. The van der Waals surface area contributed by atoms with E-state index in [2.05, 4.69) is 22.2 Å². The van der Waals surface area contributed by atoms with E-state index in [0.29, 0.717) is 12.6 Å². The molecule has 2 atom stereocenters. The molecular formula is C16H21N3O. The van der Waals surface area contributed by atoms with Gasteiger partial charge in [0.05, 0.1) is 6.10 Å². The summed E-state index contributed by atoms with van der Waals surface area (Å²) in [5, 5.41) is 13.4. The molecule has 1 aromatic heterocycles. The summed E-state index contributed by atoms with van der Waals surface area (Å²) in [4.78, 5) is 8.01. The van der Waals surface area contributed by atoms with Crippen LogP contribution in [0.2, 0.25) is 0 Å². The van der Waals surface area contributed by atoms with Gasteiger partial charge in [0, 0.05) is 25.0 Å². The maximum atomic E-state index is 10.1. The van der Waals surface area contributed by atoms with Crippen LogP contribution in [-0.2, 0) is 6.42 Å². The Morgan fingerprint density at radius 2 is 1.85 bits per heavy atom. The van der Waals surface area contributed by atoms with Gasteiger partial charge in [0.25, 0.3) is 0 Å². The molecule has 2 unspecified atom stereocenters. The summed E-state index contributed by atoms with van der Waals surface area (Å²) < 4.78 is 0. The third-order valence-electron chi connectivity index (χ3n) is 3.32. The molecule has 1 heterocycles. The first-order valence-corrected chi connectivity index (χ1v) is 6.96. The molecule has 2 N–H and O–H groups in total. The summed E-state index contributed by atoms with van der Waals surface area (Å²) in [5.74, 6) is 0. The molecule has 20 heavy (non-hydrogen) atoms. The molecular weight excluding hydrogens is 250 g/mol. The Labute approximate surface area is 119 Å². The van der Waals surface area contributed by atoms with Crippen molar-refractivity contribution in [1.29, 1.82) is 0 Å². The predicted octanol–water partition coefficient (Wildman–Crippen LogP) is 2.12. The van der Waals surface area contributed by atoms with Crippen molar-refractivity contribution >= 4 is 0 Å². The minimum atomic E-state index is -0.460. The van der Waals surface area contributed by atoms with Crippen LogP contribution in [0.1, 0.15) is 30.6 Å². The molecule has 2 aromatic rings. The summed E-state index contributed by atoms with van der Waals surface area (Å²) >= 11 is 0. The Hall–Kier alpha value is -1.78. The van der Waals surface area contributed by atoms with Gasteiger partial charge >= 0.3 is 0 Å². The Balaban J connectivity index is 1.71. The number of aryl methyl sites for hydroxylation is 1. The predicted molar refractivity (Wildman–Crippen MR) is 79.2 cm³/mol. The molecule has 4 nitrogen and oxygen atoms in total. The zero-order chi connectivity index (χ0) is 14.2. The second kappa shape index (κ2) is 7.72. The molecule has 4 heteroatoms. The molecule has 0 fully saturated rings. The number of nitrogens with zero attached hydrogens (tertiary/aromatic N) is 2. The number of aliphatic hydroxyl groups is 1. The number of nitrogens with one attached hydrogen (secondary N) is 1. The minimum Gasteiger partial charge on any atom is -0.387 e. The monoisotopic (exact) mass is 271 g/mol. The maximum absolute atomic E-state index is 10.1. The first-order valence-electron chi connectivity index (χ1n) is 6.96. The second-order valence-electron chi connectivity index (χ2n) is 5.02. The van der Waals surface area contributed by atoms with Crippen LogP contribution in [0, 0.1) is 0 Å². The van der Waals surface area contributed by atoms with Crippen molar-refractivity contribution in [3.63, 3.8) is 0 Å². The SMILES string of the molecule is CC(CCc1cncnc1)NCC(O)c1ccccc1. The van der Waals surface area contributed by atoms with Gasteiger partial charge in [-0.2, -0.15) is 0 Å². The summed E-state index contributed by atoms with van der Waals surface area (Å²) in [5.41, 5.74) is 2.09. The molecule has 0 aliphatic rings. The number of hydrogen-bond acceptors (Lipinski definition) is 4. The van der Waals surface area contributed by atoms with Crippen LogP contribution < -0.4 is 5.32 Å². The van der Waals surface area contributed by atoms with E-state index >= 15 is 0 Å². The highest BCUT2D eigenvalue weighted by Crippen LogP contribution is 2.11. The van der Waals surface area contributed by atoms with Crippen LogP contribution in [-0.4, -0.2) is 27.7 Å². The maximum Gasteiger partial charge on any atom is 0.115 e. The number of aromatic nitrogens is 2. The number of rotatable bonds is 7. The molecule has 0 amide bonds. The van der Waals surface area contributed by atoms with E-state index in [1.165, 1.54) is 0 Å². The molecule has 0 spiro atoms. The van der Waals surface area contributed by atoms with Crippen molar-refractivity contribution in [1.82, 2.24) is 15.3 Å². The fourth-order valence-electron chi connectivity index (χ4n) is 2.05. The van der Waals surface area contributed by atoms with Gasteiger partial charge in [-0.1, -0.05) is 30.3 Å². The molecule has 1 aromatic carbocycles. The number of aliphatic hydroxyl groups excluding tert-OH is 1. The minimum absolute atomic E-state index is 0.341. The fourth-order valence-corrected chi connectivity index (χ4v) is 2.05. The molecule has 0 aliphatic heterocycles. The van der Waals surface area contributed by atoms with Crippen LogP contribution in [0.3, 0.4) is 0 Å². The third kappa shape index (κ3) is 4.72. The van der Waals surface area contributed by atoms with Crippen molar-refractivity contribution in [2.45, 2.75) is 31.9 Å². The molecule has 0 aliphatic carbocycles. The molecule has 0 radical (unpaired) electrons. The molecule has 0 saturated heterocycles. The zero-order valence-corrected chi connectivity index (χ0v) is 11.7. The third-order valence-corrected chi connectivity index (χ3v) is 3.32. The van der Waals surface area contributed by atoms with E-state index in [0.717, 1.165) is 24.0 Å².